The predicted molar refractivity (Wildman–Crippen MR) is 67.1 cm³/mol. The van der Waals surface area contributed by atoms with Crippen LogP contribution >= 0.6 is 10.7 Å². The molecule has 1 atom stereocenters. The van der Waals surface area contributed by atoms with Crippen LogP contribution in [0.2, 0.25) is 0 Å². The van der Waals surface area contributed by atoms with E-state index in [2.05, 4.69) is 5.32 Å². The van der Waals surface area contributed by atoms with E-state index in [0.29, 0.717) is 0 Å². The van der Waals surface area contributed by atoms with E-state index < -0.39 is 33.6 Å². The van der Waals surface area contributed by atoms with Crippen LogP contribution in [-0.4, -0.2) is 26.5 Å². The van der Waals surface area contributed by atoms with Crippen molar-refractivity contribution in [3.05, 3.63) is 29.8 Å². The van der Waals surface area contributed by atoms with Crippen molar-refractivity contribution >= 4 is 25.6 Å². The Labute approximate surface area is 118 Å². The van der Waals surface area contributed by atoms with Gasteiger partial charge in [-0.2, -0.15) is 13.2 Å². The van der Waals surface area contributed by atoms with Crippen LogP contribution in [0.3, 0.4) is 0 Å². The molecule has 1 amide bonds. The van der Waals surface area contributed by atoms with E-state index in [9.17, 15) is 26.4 Å². The summed E-state index contributed by atoms with van der Waals surface area (Å²) in [6, 6.07) is 3.61. The Bertz CT molecular complexity index is 601. The lowest BCUT2D eigenvalue weighted by Gasteiger charge is -2.15. The van der Waals surface area contributed by atoms with Crippen molar-refractivity contribution < 1.29 is 26.4 Å². The fraction of sp³-hybridized carbons (Fsp3) is 0.364. The second-order valence-corrected chi connectivity index (χ2v) is 6.73. The predicted octanol–water partition coefficient (Wildman–Crippen LogP) is 2.68. The van der Waals surface area contributed by atoms with Crippen molar-refractivity contribution in [2.45, 2.75) is 30.5 Å². The lowest BCUT2D eigenvalue weighted by Crippen LogP contribution is -2.35. The number of carbonyl (C=O) groups is 1. The van der Waals surface area contributed by atoms with Gasteiger partial charge < -0.3 is 5.32 Å². The topological polar surface area (TPSA) is 63.2 Å². The zero-order chi connectivity index (χ0) is 15.6. The van der Waals surface area contributed by atoms with Crippen LogP contribution in [0.5, 0.6) is 0 Å². The van der Waals surface area contributed by atoms with Crippen LogP contribution in [0, 0.1) is 0 Å². The molecule has 1 aromatic rings. The molecule has 0 spiro atoms. The maximum Gasteiger partial charge on any atom is 0.391 e. The molecule has 0 saturated carbocycles. The minimum atomic E-state index is -4.39. The molecule has 0 saturated heterocycles. The van der Waals surface area contributed by atoms with Gasteiger partial charge in [-0.05, 0) is 25.1 Å². The van der Waals surface area contributed by atoms with Crippen molar-refractivity contribution in [3.63, 3.8) is 0 Å². The average molecular weight is 330 g/mol. The van der Waals surface area contributed by atoms with Gasteiger partial charge in [0.1, 0.15) is 0 Å². The van der Waals surface area contributed by atoms with Crippen molar-refractivity contribution in [3.8, 4) is 0 Å². The normalized spacial score (nSPS) is 13.8. The van der Waals surface area contributed by atoms with E-state index in [4.69, 9.17) is 10.7 Å². The third kappa shape index (κ3) is 5.38. The van der Waals surface area contributed by atoms with Gasteiger partial charge in [-0.3, -0.25) is 4.79 Å². The van der Waals surface area contributed by atoms with Crippen molar-refractivity contribution in [1.29, 1.82) is 0 Å². The van der Waals surface area contributed by atoms with E-state index in [1.54, 1.807) is 0 Å². The van der Waals surface area contributed by atoms with Crippen LogP contribution in [0.15, 0.2) is 29.2 Å². The molecule has 9 heteroatoms. The first-order valence-electron chi connectivity index (χ1n) is 5.41. The van der Waals surface area contributed by atoms with E-state index in [1.165, 1.54) is 25.1 Å². The molecular weight excluding hydrogens is 319 g/mol. The fourth-order valence-electron chi connectivity index (χ4n) is 1.49. The lowest BCUT2D eigenvalue weighted by molar-refractivity contribution is -0.138. The lowest BCUT2D eigenvalue weighted by atomic mass is 10.2. The highest BCUT2D eigenvalue weighted by atomic mass is 35.7. The van der Waals surface area contributed by atoms with Gasteiger partial charge in [0.05, 0.1) is 11.3 Å². The van der Waals surface area contributed by atoms with Gasteiger partial charge in [0.25, 0.3) is 15.0 Å². The Morgan fingerprint density at radius 2 is 2.00 bits per heavy atom. The summed E-state index contributed by atoms with van der Waals surface area (Å²) >= 11 is 0. The number of amides is 1. The fourth-order valence-corrected chi connectivity index (χ4v) is 2.29. The Kier molecular flexibility index (Phi) is 5.04. The summed E-state index contributed by atoms with van der Waals surface area (Å²) in [4.78, 5) is 11.4. The van der Waals surface area contributed by atoms with Gasteiger partial charge in [-0.15, -0.1) is 0 Å². The molecule has 0 aromatic heterocycles. The van der Waals surface area contributed by atoms with Crippen molar-refractivity contribution in [1.82, 2.24) is 5.32 Å². The van der Waals surface area contributed by atoms with E-state index in [1.807, 2.05) is 0 Å². The number of hydrogen-bond acceptors (Lipinski definition) is 3. The summed E-state index contributed by atoms with van der Waals surface area (Å²) < 4.78 is 58.6. The van der Waals surface area contributed by atoms with Crippen molar-refractivity contribution in [2.24, 2.45) is 0 Å². The summed E-state index contributed by atoms with van der Waals surface area (Å²) in [5.74, 6) is -0.802. The van der Waals surface area contributed by atoms with Crippen LogP contribution in [0.25, 0.3) is 0 Å². The van der Waals surface area contributed by atoms with Crippen LogP contribution in [0.4, 0.5) is 13.2 Å². The Hall–Kier alpha value is -1.28. The number of benzene rings is 1. The summed E-state index contributed by atoms with van der Waals surface area (Å²) in [6.07, 6.45) is -5.57. The minimum absolute atomic E-state index is 0.0826. The molecule has 1 unspecified atom stereocenters. The number of hydrogen-bond donors (Lipinski definition) is 1. The molecule has 4 nitrogen and oxygen atoms in total. The van der Waals surface area contributed by atoms with Gasteiger partial charge in [0, 0.05) is 22.3 Å². The monoisotopic (exact) mass is 329 g/mol. The summed E-state index contributed by atoms with van der Waals surface area (Å²) in [7, 11) is 1.12. The number of carbonyl (C=O) groups excluding carboxylic acids is 1. The molecule has 0 aliphatic carbocycles. The van der Waals surface area contributed by atoms with E-state index in [0.717, 1.165) is 6.07 Å². The van der Waals surface area contributed by atoms with Crippen LogP contribution in [0.1, 0.15) is 23.7 Å². The molecule has 0 aliphatic rings. The largest absolute Gasteiger partial charge is 0.391 e. The second kappa shape index (κ2) is 6.01. The molecule has 0 aliphatic heterocycles. The first-order chi connectivity index (χ1) is 8.99. The smallest absolute Gasteiger partial charge is 0.349 e. The van der Waals surface area contributed by atoms with Gasteiger partial charge in [0.15, 0.2) is 0 Å². The molecule has 0 bridgehead atoms. The van der Waals surface area contributed by atoms with Crippen molar-refractivity contribution in [2.75, 3.05) is 0 Å². The summed E-state index contributed by atoms with van der Waals surface area (Å²) in [5, 5.41) is 2.13. The molecule has 1 rings (SSSR count). The molecule has 1 aromatic carbocycles. The number of nitrogens with one attached hydrogen (secondary N) is 1. The zero-order valence-electron chi connectivity index (χ0n) is 10.2. The zero-order valence-corrected chi connectivity index (χ0v) is 11.8. The van der Waals surface area contributed by atoms with Gasteiger partial charge in [0.2, 0.25) is 0 Å². The molecular formula is C11H11ClF3NO3S. The van der Waals surface area contributed by atoms with Gasteiger partial charge in [-0.1, -0.05) is 6.07 Å². The number of rotatable bonds is 4. The maximum atomic E-state index is 12.1. The Morgan fingerprint density at radius 3 is 2.50 bits per heavy atom. The number of halogens is 4. The quantitative estimate of drug-likeness (QED) is 0.864. The number of alkyl halides is 3. The van der Waals surface area contributed by atoms with Gasteiger partial charge >= 0.3 is 6.18 Å². The van der Waals surface area contributed by atoms with E-state index in [-0.39, 0.29) is 10.5 Å². The third-order valence-corrected chi connectivity index (χ3v) is 3.64. The molecule has 0 fully saturated rings. The highest BCUT2D eigenvalue weighted by Gasteiger charge is 2.30. The molecule has 0 radical (unpaired) electrons. The first kappa shape index (κ1) is 16.8. The SMILES string of the molecule is CC(CC(F)(F)F)NC(=O)c1cccc(S(=O)(=O)Cl)c1. The standard InChI is InChI=1S/C11H11ClF3NO3S/c1-7(6-11(13,14)15)16-10(17)8-3-2-4-9(5-8)20(12,18)19/h2-5,7H,6H2,1H3,(H,16,17). The van der Waals surface area contributed by atoms with Gasteiger partial charge in [-0.25, -0.2) is 8.42 Å². The molecule has 112 valence electrons. The molecule has 20 heavy (non-hydrogen) atoms. The third-order valence-electron chi connectivity index (χ3n) is 2.29. The Balaban J connectivity index is 2.84. The highest BCUT2D eigenvalue weighted by molar-refractivity contribution is 8.13. The molecule has 0 heterocycles. The Morgan fingerprint density at radius 1 is 1.40 bits per heavy atom. The van der Waals surface area contributed by atoms with Crippen LogP contribution < -0.4 is 5.32 Å². The van der Waals surface area contributed by atoms with E-state index >= 15 is 0 Å². The second-order valence-electron chi connectivity index (χ2n) is 4.16. The van der Waals surface area contributed by atoms with Crippen LogP contribution in [-0.2, 0) is 9.05 Å². The minimum Gasteiger partial charge on any atom is -0.349 e. The average Bonchev–Trinajstić information content (AvgIpc) is 2.25. The molecule has 1 N–H and O–H groups in total. The highest BCUT2D eigenvalue weighted by Crippen LogP contribution is 2.21. The first-order valence-corrected chi connectivity index (χ1v) is 7.72. The maximum absolute atomic E-state index is 12.1. The summed E-state index contributed by atoms with van der Waals surface area (Å²) in [5.41, 5.74) is -0.0826. The summed E-state index contributed by atoms with van der Waals surface area (Å²) in [6.45, 7) is 1.20.